The summed E-state index contributed by atoms with van der Waals surface area (Å²) in [5, 5.41) is 9.05. The third-order valence-corrected chi connectivity index (χ3v) is 3.03. The van der Waals surface area contributed by atoms with Crippen LogP contribution in [0, 0.1) is 6.92 Å². The minimum Gasteiger partial charge on any atom is -0.480 e. The molecule has 0 aliphatic carbocycles. The van der Waals surface area contributed by atoms with E-state index in [1.165, 1.54) is 5.56 Å². The van der Waals surface area contributed by atoms with E-state index >= 15 is 0 Å². The van der Waals surface area contributed by atoms with Gasteiger partial charge in [-0.3, -0.25) is 4.79 Å². The maximum Gasteiger partial charge on any atom is 0.323 e. The van der Waals surface area contributed by atoms with Gasteiger partial charge in [-0.25, -0.2) is 0 Å². The van der Waals surface area contributed by atoms with Crippen LogP contribution in [-0.4, -0.2) is 24.2 Å². The van der Waals surface area contributed by atoms with Crippen molar-refractivity contribution in [3.63, 3.8) is 0 Å². The predicted molar refractivity (Wildman–Crippen MR) is 75.4 cm³/mol. The molecule has 1 aromatic carbocycles. The number of hydrogen-bond acceptors (Lipinski definition) is 2. The van der Waals surface area contributed by atoms with Gasteiger partial charge in [-0.1, -0.05) is 39.0 Å². The zero-order valence-corrected chi connectivity index (χ0v) is 11.7. The van der Waals surface area contributed by atoms with Crippen molar-refractivity contribution in [1.29, 1.82) is 0 Å². The highest BCUT2D eigenvalue weighted by Gasteiger charge is 2.17. The molecule has 0 saturated heterocycles. The van der Waals surface area contributed by atoms with Crippen LogP contribution in [0.1, 0.15) is 44.2 Å². The topological polar surface area (TPSA) is 40.5 Å². The number of para-hydroxylation sites is 1. The summed E-state index contributed by atoms with van der Waals surface area (Å²) in [5.41, 5.74) is 3.47. The fourth-order valence-electron chi connectivity index (χ4n) is 2.28. The fraction of sp³-hybridized carbons (Fsp3) is 0.533. The van der Waals surface area contributed by atoms with Crippen molar-refractivity contribution in [3.8, 4) is 0 Å². The molecule has 0 spiro atoms. The summed E-state index contributed by atoms with van der Waals surface area (Å²) < 4.78 is 0. The summed E-state index contributed by atoms with van der Waals surface area (Å²) in [6, 6.07) is 6.18. The Hall–Kier alpha value is -1.51. The summed E-state index contributed by atoms with van der Waals surface area (Å²) >= 11 is 0. The number of rotatable bonds is 6. The molecule has 18 heavy (non-hydrogen) atoms. The Morgan fingerprint density at radius 3 is 2.56 bits per heavy atom. The highest BCUT2D eigenvalue weighted by Crippen LogP contribution is 2.30. The number of carboxylic acids is 1. The number of aliphatic carboxylic acids is 1. The molecule has 0 bridgehead atoms. The number of carboxylic acid groups (broad SMARTS) is 1. The van der Waals surface area contributed by atoms with E-state index in [9.17, 15) is 4.79 Å². The van der Waals surface area contributed by atoms with E-state index in [1.807, 2.05) is 24.0 Å². The van der Waals surface area contributed by atoms with Gasteiger partial charge in [0.05, 0.1) is 0 Å². The van der Waals surface area contributed by atoms with Crippen molar-refractivity contribution in [2.45, 2.75) is 40.0 Å². The first-order chi connectivity index (χ1) is 8.47. The normalized spacial score (nSPS) is 10.7. The predicted octanol–water partition coefficient (Wildman–Crippen LogP) is 3.42. The second kappa shape index (κ2) is 6.43. The van der Waals surface area contributed by atoms with Crippen LogP contribution in [0.4, 0.5) is 5.69 Å². The molecule has 1 N–H and O–H groups in total. The summed E-state index contributed by atoms with van der Waals surface area (Å²) in [4.78, 5) is 13.0. The van der Waals surface area contributed by atoms with Gasteiger partial charge in [-0.2, -0.15) is 0 Å². The molecular formula is C15H23NO2. The van der Waals surface area contributed by atoms with E-state index in [4.69, 9.17) is 5.11 Å². The van der Waals surface area contributed by atoms with Crippen LogP contribution in [0.15, 0.2) is 18.2 Å². The Bertz CT molecular complexity index is 413. The summed E-state index contributed by atoms with van der Waals surface area (Å²) in [5.74, 6) is -0.380. The molecule has 0 heterocycles. The molecule has 0 amide bonds. The number of nitrogens with zero attached hydrogens (tertiary/aromatic N) is 1. The first-order valence-electron chi connectivity index (χ1n) is 6.53. The first-order valence-corrected chi connectivity index (χ1v) is 6.53. The zero-order chi connectivity index (χ0) is 13.7. The first kappa shape index (κ1) is 14.6. The number of anilines is 1. The standard InChI is InChI=1S/C15H23NO2/c1-5-9-16(10-14(17)18)15-12(4)7-6-8-13(15)11(2)3/h6-8,11H,5,9-10H2,1-4H3,(H,17,18). The fourth-order valence-corrected chi connectivity index (χ4v) is 2.28. The third-order valence-electron chi connectivity index (χ3n) is 3.03. The van der Waals surface area contributed by atoms with E-state index in [0.29, 0.717) is 5.92 Å². The van der Waals surface area contributed by atoms with Crippen molar-refractivity contribution in [2.75, 3.05) is 18.0 Å². The second-order valence-corrected chi connectivity index (χ2v) is 4.98. The van der Waals surface area contributed by atoms with Gasteiger partial charge in [0.25, 0.3) is 0 Å². The Kier molecular flexibility index (Phi) is 5.20. The summed E-state index contributed by atoms with van der Waals surface area (Å²) in [7, 11) is 0. The van der Waals surface area contributed by atoms with Crippen molar-refractivity contribution < 1.29 is 9.90 Å². The molecule has 0 aliphatic heterocycles. The van der Waals surface area contributed by atoms with E-state index in [2.05, 4.69) is 26.8 Å². The Labute approximate surface area is 109 Å². The Morgan fingerprint density at radius 1 is 1.39 bits per heavy atom. The van der Waals surface area contributed by atoms with Crippen LogP contribution in [0.3, 0.4) is 0 Å². The van der Waals surface area contributed by atoms with Gasteiger partial charge in [-0.15, -0.1) is 0 Å². The lowest BCUT2D eigenvalue weighted by molar-refractivity contribution is -0.135. The van der Waals surface area contributed by atoms with E-state index < -0.39 is 5.97 Å². The molecule has 0 aliphatic rings. The largest absolute Gasteiger partial charge is 0.480 e. The maximum absolute atomic E-state index is 11.0. The number of carbonyl (C=O) groups is 1. The molecular weight excluding hydrogens is 226 g/mol. The average molecular weight is 249 g/mol. The molecule has 0 aromatic heterocycles. The van der Waals surface area contributed by atoms with Crippen LogP contribution >= 0.6 is 0 Å². The molecule has 0 unspecified atom stereocenters. The Morgan fingerprint density at radius 2 is 2.06 bits per heavy atom. The highest BCUT2D eigenvalue weighted by molar-refractivity contribution is 5.75. The van der Waals surface area contributed by atoms with Gasteiger partial charge < -0.3 is 10.0 Å². The van der Waals surface area contributed by atoms with Gasteiger partial charge in [0.1, 0.15) is 6.54 Å². The number of benzene rings is 1. The van der Waals surface area contributed by atoms with Crippen LogP contribution in [-0.2, 0) is 4.79 Å². The Balaban J connectivity index is 3.20. The zero-order valence-electron chi connectivity index (χ0n) is 11.7. The molecule has 0 radical (unpaired) electrons. The van der Waals surface area contributed by atoms with Crippen LogP contribution < -0.4 is 4.90 Å². The minimum atomic E-state index is -0.776. The van der Waals surface area contributed by atoms with Gasteiger partial charge in [-0.05, 0) is 30.4 Å². The average Bonchev–Trinajstić information content (AvgIpc) is 2.27. The monoisotopic (exact) mass is 249 g/mol. The van der Waals surface area contributed by atoms with E-state index in [0.717, 1.165) is 24.2 Å². The van der Waals surface area contributed by atoms with Gasteiger partial charge >= 0.3 is 5.97 Å². The van der Waals surface area contributed by atoms with Crippen molar-refractivity contribution in [1.82, 2.24) is 0 Å². The molecule has 1 aromatic rings. The van der Waals surface area contributed by atoms with E-state index in [-0.39, 0.29) is 6.54 Å². The minimum absolute atomic E-state index is 0.0679. The summed E-state index contributed by atoms with van der Waals surface area (Å²) in [6.07, 6.45) is 0.944. The molecule has 0 atom stereocenters. The number of aryl methyl sites for hydroxylation is 1. The van der Waals surface area contributed by atoms with Crippen LogP contribution in [0.5, 0.6) is 0 Å². The summed E-state index contributed by atoms with van der Waals surface area (Å²) in [6.45, 7) is 9.25. The second-order valence-electron chi connectivity index (χ2n) is 4.98. The van der Waals surface area contributed by atoms with Crippen molar-refractivity contribution in [2.24, 2.45) is 0 Å². The molecule has 3 nitrogen and oxygen atoms in total. The quantitative estimate of drug-likeness (QED) is 0.839. The maximum atomic E-state index is 11.0. The molecule has 0 fully saturated rings. The SMILES string of the molecule is CCCN(CC(=O)O)c1c(C)cccc1C(C)C. The van der Waals surface area contributed by atoms with Gasteiger partial charge in [0.15, 0.2) is 0 Å². The van der Waals surface area contributed by atoms with Crippen molar-refractivity contribution >= 4 is 11.7 Å². The molecule has 0 saturated carbocycles. The molecule has 1 rings (SSSR count). The van der Waals surface area contributed by atoms with Crippen molar-refractivity contribution in [3.05, 3.63) is 29.3 Å². The van der Waals surface area contributed by atoms with Gasteiger partial charge in [0.2, 0.25) is 0 Å². The van der Waals surface area contributed by atoms with E-state index in [1.54, 1.807) is 0 Å². The van der Waals surface area contributed by atoms with Crippen LogP contribution in [0.2, 0.25) is 0 Å². The molecule has 3 heteroatoms. The smallest absolute Gasteiger partial charge is 0.323 e. The third kappa shape index (κ3) is 3.49. The lowest BCUT2D eigenvalue weighted by Crippen LogP contribution is -2.32. The lowest BCUT2D eigenvalue weighted by atomic mass is 9.97. The number of hydrogen-bond donors (Lipinski definition) is 1. The molecule has 100 valence electrons. The lowest BCUT2D eigenvalue weighted by Gasteiger charge is -2.28. The van der Waals surface area contributed by atoms with Gasteiger partial charge in [0, 0.05) is 12.2 Å². The highest BCUT2D eigenvalue weighted by atomic mass is 16.4. The van der Waals surface area contributed by atoms with Crippen LogP contribution in [0.25, 0.3) is 0 Å².